The molecule has 3 rings (SSSR count). The van der Waals surface area contributed by atoms with Gasteiger partial charge >= 0.3 is 12.4 Å². The highest BCUT2D eigenvalue weighted by Crippen LogP contribution is 2.50. The predicted octanol–water partition coefficient (Wildman–Crippen LogP) is 6.54. The number of hydrogen-bond acceptors (Lipinski definition) is 4. The lowest BCUT2D eigenvalue weighted by molar-refractivity contribution is -0.276. The SMILES string of the molecule is Cc1cc(C2=NOC(c3cc(C(F)F)cc(C(F)F)c3)(C(F)(F)F)C2)ccc1NCC(=O)NCC(F)(F)F. The molecule has 2 aromatic carbocycles. The molecule has 0 saturated carbocycles. The van der Waals surface area contributed by atoms with Crippen LogP contribution in [-0.4, -0.2) is 37.1 Å². The summed E-state index contributed by atoms with van der Waals surface area (Å²) in [5, 5.41) is 7.73. The minimum Gasteiger partial charge on any atom is -0.376 e. The smallest absolute Gasteiger partial charge is 0.376 e. The van der Waals surface area contributed by atoms with Crippen molar-refractivity contribution >= 4 is 17.3 Å². The maximum absolute atomic E-state index is 14.2. The highest BCUT2D eigenvalue weighted by Gasteiger charge is 2.62. The monoisotopic (exact) mass is 559 g/mol. The topological polar surface area (TPSA) is 62.7 Å². The van der Waals surface area contributed by atoms with Crippen molar-refractivity contribution in [3.63, 3.8) is 0 Å². The predicted molar refractivity (Wildman–Crippen MR) is 115 cm³/mol. The number of nitrogens with one attached hydrogen (secondary N) is 2. The average Bonchev–Trinajstić information content (AvgIpc) is 3.28. The Morgan fingerprint density at radius 2 is 1.61 bits per heavy atom. The number of alkyl halides is 10. The van der Waals surface area contributed by atoms with E-state index < -0.39 is 72.9 Å². The van der Waals surface area contributed by atoms with Crippen molar-refractivity contribution in [1.29, 1.82) is 0 Å². The summed E-state index contributed by atoms with van der Waals surface area (Å²) < 4.78 is 132. The number of carbonyl (C=O) groups is 1. The molecule has 1 atom stereocenters. The van der Waals surface area contributed by atoms with Crippen LogP contribution in [0.25, 0.3) is 0 Å². The first-order valence-corrected chi connectivity index (χ1v) is 10.7. The van der Waals surface area contributed by atoms with E-state index in [1.165, 1.54) is 25.1 Å². The normalized spacial score (nSPS) is 18.0. The molecule has 0 bridgehead atoms. The van der Waals surface area contributed by atoms with Crippen molar-refractivity contribution in [3.05, 3.63) is 64.2 Å². The van der Waals surface area contributed by atoms with Gasteiger partial charge in [0.15, 0.2) is 0 Å². The van der Waals surface area contributed by atoms with Gasteiger partial charge in [-0.25, -0.2) is 17.6 Å². The Kier molecular flexibility index (Phi) is 8.17. The second kappa shape index (κ2) is 10.7. The summed E-state index contributed by atoms with van der Waals surface area (Å²) in [7, 11) is 0. The van der Waals surface area contributed by atoms with E-state index in [1.54, 1.807) is 5.32 Å². The maximum Gasteiger partial charge on any atom is 0.435 e. The van der Waals surface area contributed by atoms with E-state index in [0.29, 0.717) is 23.8 Å². The van der Waals surface area contributed by atoms with Crippen molar-refractivity contribution in [1.82, 2.24) is 5.32 Å². The molecule has 1 aliphatic rings. The molecule has 0 spiro atoms. The lowest BCUT2D eigenvalue weighted by Gasteiger charge is -2.30. The van der Waals surface area contributed by atoms with Gasteiger partial charge in [0.1, 0.15) is 6.54 Å². The summed E-state index contributed by atoms with van der Waals surface area (Å²) in [5.41, 5.74) is -5.84. The second-order valence-electron chi connectivity index (χ2n) is 8.40. The van der Waals surface area contributed by atoms with Crippen molar-refractivity contribution in [3.8, 4) is 0 Å². The molecule has 0 aromatic heterocycles. The van der Waals surface area contributed by atoms with Crippen molar-refractivity contribution in [2.45, 2.75) is 44.1 Å². The third-order valence-electron chi connectivity index (χ3n) is 5.62. The molecule has 0 radical (unpaired) electrons. The summed E-state index contributed by atoms with van der Waals surface area (Å²) in [6, 6.07) is 5.29. The number of aryl methyl sites for hydroxylation is 1. The summed E-state index contributed by atoms with van der Waals surface area (Å²) in [6.45, 7) is -0.552. The third kappa shape index (κ3) is 6.48. The van der Waals surface area contributed by atoms with E-state index in [1.807, 2.05) is 0 Å². The number of hydrogen-bond donors (Lipinski definition) is 2. The molecule has 1 heterocycles. The van der Waals surface area contributed by atoms with Crippen LogP contribution >= 0.6 is 0 Å². The highest BCUT2D eigenvalue weighted by molar-refractivity contribution is 6.02. The molecule has 1 aliphatic heterocycles. The van der Waals surface area contributed by atoms with E-state index in [-0.39, 0.29) is 17.0 Å². The number of amides is 1. The summed E-state index contributed by atoms with van der Waals surface area (Å²) in [5.74, 6) is -0.955. The first-order chi connectivity index (χ1) is 17.5. The van der Waals surface area contributed by atoms with Crippen molar-refractivity contribution in [2.75, 3.05) is 18.4 Å². The van der Waals surface area contributed by atoms with Gasteiger partial charge in [-0.05, 0) is 48.4 Å². The zero-order valence-electron chi connectivity index (χ0n) is 19.3. The molecular weight excluding hydrogens is 540 g/mol. The van der Waals surface area contributed by atoms with Gasteiger partial charge in [-0.15, -0.1) is 0 Å². The summed E-state index contributed by atoms with van der Waals surface area (Å²) >= 11 is 0. The number of benzene rings is 2. The molecule has 0 aliphatic carbocycles. The van der Waals surface area contributed by atoms with E-state index in [4.69, 9.17) is 4.84 Å². The third-order valence-corrected chi connectivity index (χ3v) is 5.62. The fraction of sp³-hybridized carbons (Fsp3) is 0.391. The van der Waals surface area contributed by atoms with Crippen LogP contribution in [0, 0.1) is 6.92 Å². The van der Waals surface area contributed by atoms with Crippen molar-refractivity contribution in [2.24, 2.45) is 5.16 Å². The Bertz CT molecular complexity index is 1180. The van der Waals surface area contributed by atoms with Gasteiger partial charge < -0.3 is 15.5 Å². The molecular formula is C23H19F10N3O2. The molecule has 5 nitrogen and oxygen atoms in total. The minimum atomic E-state index is -5.24. The van der Waals surface area contributed by atoms with Gasteiger partial charge in [0, 0.05) is 28.8 Å². The van der Waals surface area contributed by atoms with Gasteiger partial charge in [0.2, 0.25) is 5.91 Å². The van der Waals surface area contributed by atoms with Crippen LogP contribution in [0.3, 0.4) is 0 Å². The molecule has 0 fully saturated rings. The second-order valence-corrected chi connectivity index (χ2v) is 8.40. The number of nitrogens with zero attached hydrogens (tertiary/aromatic N) is 1. The van der Waals surface area contributed by atoms with Gasteiger partial charge in [0.25, 0.3) is 18.5 Å². The first kappa shape index (κ1) is 29.0. The van der Waals surface area contributed by atoms with E-state index in [0.717, 1.165) is 0 Å². The van der Waals surface area contributed by atoms with Crippen molar-refractivity contribution < 1.29 is 53.5 Å². The zero-order valence-corrected chi connectivity index (χ0v) is 19.3. The Balaban J connectivity index is 1.84. The average molecular weight is 559 g/mol. The number of carbonyl (C=O) groups excluding carboxylic acids is 1. The van der Waals surface area contributed by atoms with Crippen LogP contribution < -0.4 is 10.6 Å². The largest absolute Gasteiger partial charge is 0.435 e. The summed E-state index contributed by atoms with van der Waals surface area (Å²) in [4.78, 5) is 16.3. The highest BCUT2D eigenvalue weighted by atomic mass is 19.4. The standard InChI is InChI=1S/C23H19F10N3O2/c1-11-4-12(2-3-16(11)34-9-18(37)35-10-22(28,29)30)17-8-21(38-36-17,23(31,32)33)15-6-13(19(24)25)5-14(7-15)20(26)27/h2-7,19-20,34H,8-10H2,1H3,(H,35,37). The molecule has 208 valence electrons. The quantitative estimate of drug-likeness (QED) is 0.361. The van der Waals surface area contributed by atoms with Crippen LogP contribution in [-0.2, 0) is 15.2 Å². The molecule has 1 unspecified atom stereocenters. The minimum absolute atomic E-state index is 0.111. The van der Waals surface area contributed by atoms with Gasteiger partial charge in [-0.3, -0.25) is 4.79 Å². The van der Waals surface area contributed by atoms with Crippen LogP contribution in [0.4, 0.5) is 49.6 Å². The first-order valence-electron chi connectivity index (χ1n) is 10.7. The van der Waals surface area contributed by atoms with Crippen LogP contribution in [0.1, 0.15) is 47.1 Å². The molecule has 38 heavy (non-hydrogen) atoms. The Hall–Kier alpha value is -3.52. The lowest BCUT2D eigenvalue weighted by atomic mass is 9.84. The van der Waals surface area contributed by atoms with Gasteiger partial charge in [0.05, 0.1) is 12.3 Å². The van der Waals surface area contributed by atoms with Crippen LogP contribution in [0.5, 0.6) is 0 Å². The van der Waals surface area contributed by atoms with E-state index in [2.05, 4.69) is 10.5 Å². The Labute approximate surface area is 208 Å². The van der Waals surface area contributed by atoms with Gasteiger partial charge in [-0.2, -0.15) is 26.3 Å². The fourth-order valence-electron chi connectivity index (χ4n) is 3.70. The zero-order chi connectivity index (χ0) is 28.5. The fourth-order valence-corrected chi connectivity index (χ4v) is 3.70. The molecule has 1 amide bonds. The van der Waals surface area contributed by atoms with Gasteiger partial charge in [-0.1, -0.05) is 11.2 Å². The molecule has 2 N–H and O–H groups in total. The Morgan fingerprint density at radius 1 is 1.00 bits per heavy atom. The number of halogens is 10. The van der Waals surface area contributed by atoms with E-state index in [9.17, 15) is 48.7 Å². The van der Waals surface area contributed by atoms with E-state index >= 15 is 0 Å². The maximum atomic E-state index is 14.2. The summed E-state index contributed by atoms with van der Waals surface area (Å²) in [6.07, 6.45) is -17.5. The molecule has 2 aromatic rings. The number of anilines is 1. The van der Waals surface area contributed by atoms with Crippen LogP contribution in [0.2, 0.25) is 0 Å². The molecule has 0 saturated heterocycles. The molecule has 15 heteroatoms. The van der Waals surface area contributed by atoms with Crippen LogP contribution in [0.15, 0.2) is 41.6 Å². The Morgan fingerprint density at radius 3 is 2.11 bits per heavy atom. The number of rotatable bonds is 8. The lowest BCUT2D eigenvalue weighted by Crippen LogP contribution is -2.43. The number of oxime groups is 1.